The number of aryl methyl sites for hydroxylation is 1. The molecule has 0 atom stereocenters. The van der Waals surface area contributed by atoms with Crippen molar-refractivity contribution in [3.05, 3.63) is 71.3 Å². The molecule has 2 aromatic carbocycles. The third-order valence-corrected chi connectivity index (χ3v) is 7.47. The number of aromatic nitrogens is 3. The van der Waals surface area contributed by atoms with Gasteiger partial charge in [-0.3, -0.25) is 9.59 Å². The molecule has 1 aliphatic heterocycles. The first kappa shape index (κ1) is 24.2. The molecular weight excluding hydrogens is 450 g/mol. The van der Waals surface area contributed by atoms with Crippen LogP contribution in [0.1, 0.15) is 59.7 Å². The Bertz CT molecular complexity index is 1230. The minimum Gasteiger partial charge on any atom is -0.355 e. The van der Waals surface area contributed by atoms with Crippen LogP contribution in [0.2, 0.25) is 0 Å². The van der Waals surface area contributed by atoms with Gasteiger partial charge < -0.3 is 14.8 Å². The van der Waals surface area contributed by atoms with Crippen LogP contribution in [0.15, 0.2) is 48.5 Å². The van der Waals surface area contributed by atoms with Crippen LogP contribution in [-0.2, 0) is 24.2 Å². The smallest absolute Gasteiger partial charge is 0.253 e. The summed E-state index contributed by atoms with van der Waals surface area (Å²) in [6, 6.07) is 16.2. The number of carbonyl (C=O) groups is 2. The summed E-state index contributed by atoms with van der Waals surface area (Å²) in [4.78, 5) is 27.8. The Morgan fingerprint density at radius 2 is 1.72 bits per heavy atom. The van der Waals surface area contributed by atoms with Gasteiger partial charge in [-0.15, -0.1) is 10.2 Å². The average molecular weight is 486 g/mol. The molecule has 5 rings (SSSR count). The standard InChI is InChI=1S/C29H35N5O2/c1-21-7-5-10-23(19-21)24-11-6-12-25(20-24)29(36)33-16-14-27-32-31-26(34(27)18-17-33)13-15-30-28(35)22-8-3-2-4-9-22/h5-7,10-12,19-20,22H,2-4,8-9,13-18H2,1H3,(H,30,35). The Morgan fingerprint density at radius 1 is 0.944 bits per heavy atom. The molecule has 7 heteroatoms. The molecule has 1 N–H and O–H groups in total. The molecule has 36 heavy (non-hydrogen) atoms. The van der Waals surface area contributed by atoms with Crippen LogP contribution < -0.4 is 5.32 Å². The van der Waals surface area contributed by atoms with Crippen molar-refractivity contribution in [3.8, 4) is 11.1 Å². The number of hydrogen-bond donors (Lipinski definition) is 1. The van der Waals surface area contributed by atoms with E-state index in [4.69, 9.17) is 0 Å². The molecule has 1 fully saturated rings. The summed E-state index contributed by atoms with van der Waals surface area (Å²) in [6.45, 7) is 4.54. The SMILES string of the molecule is Cc1cccc(-c2cccc(C(=O)N3CCc4nnc(CCNC(=O)C5CCCCC5)n4CC3)c2)c1. The quantitative estimate of drug-likeness (QED) is 0.568. The van der Waals surface area contributed by atoms with E-state index in [1.807, 2.05) is 29.2 Å². The fraction of sp³-hybridized carbons (Fsp3) is 0.448. The zero-order chi connectivity index (χ0) is 24.9. The Hall–Kier alpha value is -3.48. The van der Waals surface area contributed by atoms with Gasteiger partial charge in [0.2, 0.25) is 5.91 Å². The summed E-state index contributed by atoms with van der Waals surface area (Å²) in [5, 5.41) is 11.9. The molecule has 0 unspecified atom stereocenters. The molecule has 188 valence electrons. The molecule has 2 heterocycles. The molecule has 2 aliphatic rings. The topological polar surface area (TPSA) is 80.1 Å². The molecule has 0 bridgehead atoms. The number of carbonyl (C=O) groups excluding carboxylic acids is 2. The molecule has 0 spiro atoms. The van der Waals surface area contributed by atoms with Crippen molar-refractivity contribution in [2.24, 2.45) is 5.92 Å². The van der Waals surface area contributed by atoms with Gasteiger partial charge in [0.15, 0.2) is 0 Å². The molecule has 3 aromatic rings. The van der Waals surface area contributed by atoms with Crippen molar-refractivity contribution in [2.45, 2.75) is 58.4 Å². The van der Waals surface area contributed by atoms with Gasteiger partial charge in [0, 0.05) is 50.5 Å². The van der Waals surface area contributed by atoms with Crippen molar-refractivity contribution in [1.82, 2.24) is 25.0 Å². The van der Waals surface area contributed by atoms with Crippen LogP contribution in [0.4, 0.5) is 0 Å². The summed E-state index contributed by atoms with van der Waals surface area (Å²) in [7, 11) is 0. The lowest BCUT2D eigenvalue weighted by Gasteiger charge is -2.21. The molecule has 2 amide bonds. The second kappa shape index (κ2) is 11.1. The highest BCUT2D eigenvalue weighted by Gasteiger charge is 2.24. The fourth-order valence-corrected chi connectivity index (χ4v) is 5.42. The second-order valence-corrected chi connectivity index (χ2v) is 10.1. The predicted octanol–water partition coefficient (Wildman–Crippen LogP) is 4.19. The van der Waals surface area contributed by atoms with Crippen LogP contribution in [0.5, 0.6) is 0 Å². The maximum atomic E-state index is 13.4. The molecule has 7 nitrogen and oxygen atoms in total. The van der Waals surface area contributed by atoms with Gasteiger partial charge in [0.25, 0.3) is 5.91 Å². The zero-order valence-corrected chi connectivity index (χ0v) is 21.1. The summed E-state index contributed by atoms with van der Waals surface area (Å²) in [6.07, 6.45) is 6.88. The minimum absolute atomic E-state index is 0.0458. The normalized spacial score (nSPS) is 16.3. The largest absolute Gasteiger partial charge is 0.355 e. The maximum absolute atomic E-state index is 13.4. The van der Waals surface area contributed by atoms with Crippen LogP contribution in [0.25, 0.3) is 11.1 Å². The highest BCUT2D eigenvalue weighted by molar-refractivity contribution is 5.95. The summed E-state index contributed by atoms with van der Waals surface area (Å²) in [5.74, 6) is 2.18. The van der Waals surface area contributed by atoms with Crippen molar-refractivity contribution in [2.75, 3.05) is 19.6 Å². The third kappa shape index (κ3) is 5.50. The fourth-order valence-electron chi connectivity index (χ4n) is 5.42. The lowest BCUT2D eigenvalue weighted by molar-refractivity contribution is -0.125. The van der Waals surface area contributed by atoms with Crippen LogP contribution in [0, 0.1) is 12.8 Å². The van der Waals surface area contributed by atoms with Gasteiger partial charge >= 0.3 is 0 Å². The van der Waals surface area contributed by atoms with Crippen LogP contribution in [0.3, 0.4) is 0 Å². The molecule has 0 radical (unpaired) electrons. The lowest BCUT2D eigenvalue weighted by atomic mass is 9.89. The highest BCUT2D eigenvalue weighted by Crippen LogP contribution is 2.24. The van der Waals surface area contributed by atoms with Gasteiger partial charge in [0.1, 0.15) is 11.6 Å². The average Bonchev–Trinajstić information content (AvgIpc) is 3.17. The number of benzene rings is 2. The Labute approximate surface area is 212 Å². The Balaban J connectivity index is 1.20. The predicted molar refractivity (Wildman–Crippen MR) is 140 cm³/mol. The van der Waals surface area contributed by atoms with Crippen molar-refractivity contribution >= 4 is 11.8 Å². The Morgan fingerprint density at radius 3 is 2.53 bits per heavy atom. The Kier molecular flexibility index (Phi) is 7.44. The van der Waals surface area contributed by atoms with Crippen molar-refractivity contribution < 1.29 is 9.59 Å². The maximum Gasteiger partial charge on any atom is 0.253 e. The molecule has 1 aliphatic carbocycles. The summed E-state index contributed by atoms with van der Waals surface area (Å²) < 4.78 is 2.13. The first-order chi connectivity index (χ1) is 17.6. The van der Waals surface area contributed by atoms with E-state index < -0.39 is 0 Å². The van der Waals surface area contributed by atoms with Gasteiger partial charge in [-0.25, -0.2) is 0 Å². The molecule has 0 saturated heterocycles. The first-order valence-electron chi connectivity index (χ1n) is 13.2. The number of nitrogens with zero attached hydrogens (tertiary/aromatic N) is 4. The van der Waals surface area contributed by atoms with E-state index in [0.717, 1.165) is 48.5 Å². The van der Waals surface area contributed by atoms with Crippen molar-refractivity contribution in [1.29, 1.82) is 0 Å². The van der Waals surface area contributed by atoms with E-state index in [-0.39, 0.29) is 17.7 Å². The number of fused-ring (bicyclic) bond motifs is 1. The van der Waals surface area contributed by atoms with E-state index in [9.17, 15) is 9.59 Å². The van der Waals surface area contributed by atoms with Crippen LogP contribution >= 0.6 is 0 Å². The number of rotatable bonds is 6. The van der Waals surface area contributed by atoms with Gasteiger partial charge in [-0.1, -0.05) is 61.2 Å². The van der Waals surface area contributed by atoms with Crippen LogP contribution in [-0.4, -0.2) is 51.1 Å². The van der Waals surface area contributed by atoms with Gasteiger partial charge in [0.05, 0.1) is 0 Å². The van der Waals surface area contributed by atoms with E-state index in [2.05, 4.69) is 51.3 Å². The van der Waals surface area contributed by atoms with E-state index in [1.165, 1.54) is 12.0 Å². The third-order valence-electron chi connectivity index (χ3n) is 7.47. The molecular formula is C29H35N5O2. The summed E-state index contributed by atoms with van der Waals surface area (Å²) >= 11 is 0. The molecule has 1 aromatic heterocycles. The number of hydrogen-bond acceptors (Lipinski definition) is 4. The minimum atomic E-state index is 0.0458. The van der Waals surface area contributed by atoms with E-state index >= 15 is 0 Å². The monoisotopic (exact) mass is 485 g/mol. The highest BCUT2D eigenvalue weighted by atomic mass is 16.2. The number of amides is 2. The second-order valence-electron chi connectivity index (χ2n) is 10.1. The van der Waals surface area contributed by atoms with Crippen molar-refractivity contribution in [3.63, 3.8) is 0 Å². The van der Waals surface area contributed by atoms with E-state index in [1.54, 1.807) is 0 Å². The molecule has 1 saturated carbocycles. The summed E-state index contributed by atoms with van der Waals surface area (Å²) in [5.41, 5.74) is 4.07. The first-order valence-corrected chi connectivity index (χ1v) is 13.2. The van der Waals surface area contributed by atoms with Gasteiger partial charge in [-0.2, -0.15) is 0 Å². The lowest BCUT2D eigenvalue weighted by Crippen LogP contribution is -2.34. The van der Waals surface area contributed by atoms with Gasteiger partial charge in [-0.05, 0) is 43.0 Å². The zero-order valence-electron chi connectivity index (χ0n) is 21.1. The van der Waals surface area contributed by atoms with E-state index in [0.29, 0.717) is 44.6 Å². The number of nitrogens with one attached hydrogen (secondary N) is 1.